The Morgan fingerprint density at radius 3 is 2.10 bits per heavy atom. The van der Waals surface area contributed by atoms with Crippen LogP contribution in [0.5, 0.6) is 0 Å². The van der Waals surface area contributed by atoms with Crippen LogP contribution in [-0.4, -0.2) is 84.4 Å². The summed E-state index contributed by atoms with van der Waals surface area (Å²) in [6.45, 7) is 9.81. The molecular formula is C45H50N5O9SSi. The molecule has 4 aromatic carbocycles. The van der Waals surface area contributed by atoms with Crippen LogP contribution in [0.25, 0.3) is 11.2 Å². The standard InChI is InChI=1S/C45H50N5O9SSi/c1-30(2)40(52)48-42-47-39-36(41(53)49-42)46-29-50(39)45(61(34-18-12-8-13-19-34)35-20-14-9-15-21-35)37(51)38(56-26-32-16-10-7-11-17-32)44(59-45,27-57-43(4,5)6)28-58-60(54,55)33-24-22-31(3)23-25-33/h7-25,29-30,37-38,51H,26-28H2,1-6H3,(H2,47,48,49,52,53)/t37-,38+,44+,45+/m1/s1. The Morgan fingerprint density at radius 2 is 1.52 bits per heavy atom. The third-order valence-corrected chi connectivity index (χ3v) is 14.8. The fourth-order valence-electron chi connectivity index (χ4n) is 7.25. The van der Waals surface area contributed by atoms with Crippen LogP contribution in [0.2, 0.25) is 0 Å². The van der Waals surface area contributed by atoms with E-state index in [1.54, 1.807) is 26.0 Å². The molecule has 0 spiro atoms. The highest BCUT2D eigenvalue weighted by Gasteiger charge is 2.69. The SMILES string of the molecule is Cc1ccc(S(=O)(=O)OC[C@]2(COC(C)(C)C)O[C@](n3cnc4c(=O)[nH]c(NC(=O)C(C)C)nc43)([Si](c3ccccc3)c3ccccc3)[C@H](O)[C@@H]2OCc2ccccc2)cc1. The number of imidazole rings is 1. The van der Waals surface area contributed by atoms with Crippen molar-refractivity contribution in [2.45, 2.75) is 81.8 Å². The molecule has 16 heteroatoms. The van der Waals surface area contributed by atoms with Gasteiger partial charge in [-0.05, 0) is 45.4 Å². The Hall–Kier alpha value is -5.33. The van der Waals surface area contributed by atoms with Crippen molar-refractivity contribution in [3.05, 3.63) is 143 Å². The van der Waals surface area contributed by atoms with E-state index in [0.717, 1.165) is 21.5 Å². The van der Waals surface area contributed by atoms with Gasteiger partial charge in [-0.1, -0.05) is 133 Å². The second-order valence-electron chi connectivity index (χ2n) is 16.4. The van der Waals surface area contributed by atoms with Gasteiger partial charge in [0.2, 0.25) is 11.9 Å². The highest BCUT2D eigenvalue weighted by Crippen LogP contribution is 2.47. The molecule has 2 aromatic heterocycles. The number of aliphatic hydroxyl groups excluding tert-OH is 1. The Labute approximate surface area is 356 Å². The maximum absolute atomic E-state index is 14.1. The van der Waals surface area contributed by atoms with E-state index >= 15 is 0 Å². The number of fused-ring (bicyclic) bond motifs is 1. The third-order valence-electron chi connectivity index (χ3n) is 10.4. The van der Waals surface area contributed by atoms with E-state index in [2.05, 4.69) is 15.3 Å². The molecule has 1 radical (unpaired) electrons. The number of aryl methyl sites for hydroxylation is 1. The Balaban J connectivity index is 1.52. The number of aromatic amines is 1. The molecule has 0 bridgehead atoms. The number of anilines is 1. The number of aliphatic hydroxyl groups is 1. The zero-order valence-electron chi connectivity index (χ0n) is 34.9. The normalized spacial score (nSPS) is 20.7. The Bertz CT molecular complexity index is 2580. The smallest absolute Gasteiger partial charge is 0.297 e. The van der Waals surface area contributed by atoms with Crippen LogP contribution in [0, 0.1) is 12.8 Å². The number of ether oxygens (including phenoxy) is 3. The monoisotopic (exact) mass is 864 g/mol. The van der Waals surface area contributed by atoms with Crippen LogP contribution in [0.15, 0.2) is 131 Å². The first kappa shape index (κ1) is 43.7. The fraction of sp³-hybridized carbons (Fsp3) is 0.333. The van der Waals surface area contributed by atoms with Crippen LogP contribution in [-0.2, 0) is 45.3 Å². The molecule has 3 heterocycles. The van der Waals surface area contributed by atoms with Crippen LogP contribution in [0.4, 0.5) is 5.95 Å². The van der Waals surface area contributed by atoms with E-state index < -0.39 is 71.7 Å². The van der Waals surface area contributed by atoms with Gasteiger partial charge in [-0.25, -0.2) is 4.98 Å². The Morgan fingerprint density at radius 1 is 0.934 bits per heavy atom. The van der Waals surface area contributed by atoms with Crippen molar-refractivity contribution >= 4 is 52.3 Å². The summed E-state index contributed by atoms with van der Waals surface area (Å²) < 4.78 is 56.5. The number of rotatable bonds is 15. The van der Waals surface area contributed by atoms with E-state index in [1.165, 1.54) is 23.0 Å². The van der Waals surface area contributed by atoms with E-state index in [1.807, 2.05) is 119 Å². The van der Waals surface area contributed by atoms with Gasteiger partial charge in [0.1, 0.15) is 24.4 Å². The summed E-state index contributed by atoms with van der Waals surface area (Å²) in [5.41, 5.74) is -1.79. The van der Waals surface area contributed by atoms with Gasteiger partial charge in [0.05, 0.1) is 30.0 Å². The van der Waals surface area contributed by atoms with Crippen LogP contribution >= 0.6 is 0 Å². The molecule has 1 amide bonds. The van der Waals surface area contributed by atoms with Gasteiger partial charge in [0.15, 0.2) is 25.3 Å². The van der Waals surface area contributed by atoms with Gasteiger partial charge in [-0.15, -0.1) is 0 Å². The Kier molecular flexibility index (Phi) is 12.6. The van der Waals surface area contributed by atoms with Gasteiger partial charge in [0.25, 0.3) is 15.7 Å². The first-order chi connectivity index (χ1) is 29.0. The lowest BCUT2D eigenvalue weighted by Gasteiger charge is -2.41. The van der Waals surface area contributed by atoms with Gasteiger partial charge in [0, 0.05) is 5.92 Å². The van der Waals surface area contributed by atoms with E-state index in [0.29, 0.717) is 0 Å². The molecular weight excluding hydrogens is 815 g/mol. The largest absolute Gasteiger partial charge is 0.386 e. The van der Waals surface area contributed by atoms with Crippen LogP contribution in [0.1, 0.15) is 45.7 Å². The number of nitrogens with one attached hydrogen (secondary N) is 2. The summed E-state index contributed by atoms with van der Waals surface area (Å²) >= 11 is 0. The first-order valence-electron chi connectivity index (χ1n) is 19.9. The lowest BCUT2D eigenvalue weighted by molar-refractivity contribution is -0.196. The minimum atomic E-state index is -4.43. The van der Waals surface area contributed by atoms with E-state index in [9.17, 15) is 23.1 Å². The summed E-state index contributed by atoms with van der Waals surface area (Å²) in [6, 6.07) is 34.6. The quantitative estimate of drug-likeness (QED) is 0.0979. The zero-order valence-corrected chi connectivity index (χ0v) is 36.7. The number of aromatic nitrogens is 4. The maximum Gasteiger partial charge on any atom is 0.297 e. The molecule has 1 fully saturated rings. The molecule has 0 saturated carbocycles. The molecule has 7 rings (SSSR count). The summed E-state index contributed by atoms with van der Waals surface area (Å²) in [5, 5.41) is 15.8. The molecule has 61 heavy (non-hydrogen) atoms. The highest BCUT2D eigenvalue weighted by molar-refractivity contribution is 7.86. The number of nitrogens with zero attached hydrogens (tertiary/aromatic N) is 3. The maximum atomic E-state index is 14.1. The van der Waals surface area contributed by atoms with Crippen molar-refractivity contribution < 1.29 is 36.7 Å². The molecule has 3 N–H and O–H groups in total. The minimum Gasteiger partial charge on any atom is -0.386 e. The molecule has 0 aliphatic carbocycles. The number of carbonyl (C=O) groups excluding carboxylic acids is 1. The minimum absolute atomic E-state index is 0.0150. The predicted molar refractivity (Wildman–Crippen MR) is 232 cm³/mol. The van der Waals surface area contributed by atoms with Crippen molar-refractivity contribution in [1.29, 1.82) is 0 Å². The topological polar surface area (TPSA) is 184 Å². The number of hydrogen-bond donors (Lipinski definition) is 3. The van der Waals surface area contributed by atoms with Crippen molar-refractivity contribution in [3.8, 4) is 0 Å². The average molecular weight is 865 g/mol. The van der Waals surface area contributed by atoms with E-state index in [4.69, 9.17) is 23.4 Å². The van der Waals surface area contributed by atoms with Crippen molar-refractivity contribution in [3.63, 3.8) is 0 Å². The fourth-order valence-corrected chi connectivity index (χ4v) is 11.6. The number of hydrogen-bond acceptors (Lipinski definition) is 11. The second-order valence-corrected chi connectivity index (χ2v) is 20.6. The van der Waals surface area contributed by atoms with Gasteiger partial charge < -0.3 is 19.3 Å². The number of carbonyl (C=O) groups is 1. The van der Waals surface area contributed by atoms with Gasteiger partial charge >= 0.3 is 0 Å². The average Bonchev–Trinajstić information content (AvgIpc) is 3.77. The molecule has 1 saturated heterocycles. The number of benzene rings is 4. The van der Waals surface area contributed by atoms with Crippen LogP contribution in [0.3, 0.4) is 0 Å². The third kappa shape index (κ3) is 9.16. The lowest BCUT2D eigenvalue weighted by atomic mass is 9.96. The van der Waals surface area contributed by atoms with Crippen LogP contribution < -0.4 is 21.2 Å². The predicted octanol–water partition coefficient (Wildman–Crippen LogP) is 4.46. The molecule has 1 aliphatic rings. The molecule has 319 valence electrons. The summed E-state index contributed by atoms with van der Waals surface area (Å²) in [5.74, 6) is -0.968. The van der Waals surface area contributed by atoms with Gasteiger partial charge in [-0.2, -0.15) is 13.4 Å². The molecule has 6 aromatic rings. The summed E-state index contributed by atoms with van der Waals surface area (Å²) in [6.07, 6.45) is -1.62. The number of amides is 1. The lowest BCUT2D eigenvalue weighted by Crippen LogP contribution is -2.66. The second kappa shape index (κ2) is 17.6. The van der Waals surface area contributed by atoms with Gasteiger partial charge in [-0.3, -0.25) is 28.6 Å². The van der Waals surface area contributed by atoms with Crippen molar-refractivity contribution in [2.75, 3.05) is 18.5 Å². The highest BCUT2D eigenvalue weighted by atomic mass is 32.2. The van der Waals surface area contributed by atoms with Crippen molar-refractivity contribution in [2.24, 2.45) is 5.92 Å². The zero-order chi connectivity index (χ0) is 43.6. The summed E-state index contributed by atoms with van der Waals surface area (Å²) in [7, 11) is -6.96. The molecule has 4 atom stereocenters. The summed E-state index contributed by atoms with van der Waals surface area (Å²) in [4.78, 5) is 38.5. The first-order valence-corrected chi connectivity index (χ1v) is 22.8. The van der Waals surface area contributed by atoms with Crippen molar-refractivity contribution in [1.82, 2.24) is 19.5 Å². The molecule has 14 nitrogen and oxygen atoms in total. The molecule has 0 unspecified atom stereocenters. The number of H-pyrrole nitrogens is 1. The molecule has 1 aliphatic heterocycles. The van der Waals surface area contributed by atoms with E-state index in [-0.39, 0.29) is 35.2 Å².